The minimum Gasteiger partial charge on any atom is -0.352 e. The van der Waals surface area contributed by atoms with Crippen molar-refractivity contribution in [2.75, 3.05) is 12.4 Å². The average molecular weight is 270 g/mol. The number of benzene rings is 1. The third kappa shape index (κ3) is 2.05. The molecule has 0 amide bonds. The van der Waals surface area contributed by atoms with Crippen molar-refractivity contribution in [3.05, 3.63) is 29.8 Å². The molecule has 1 fully saturated rings. The number of hydrogen-bond acceptors (Lipinski definition) is 4. The first kappa shape index (κ1) is 11.7. The number of rotatable bonds is 2. The molecule has 0 aliphatic carbocycles. The molecule has 1 aromatic carbocycles. The van der Waals surface area contributed by atoms with Crippen molar-refractivity contribution in [2.24, 2.45) is 0 Å². The van der Waals surface area contributed by atoms with E-state index in [1.54, 1.807) is 11.8 Å². The normalized spacial score (nSPS) is 35.4. The Bertz CT molecular complexity index is 449. The standard InChI is InChI=1S/C12H14O3S2/c1-2-14-10-7-17(13)12-11(15-10)8-5-3-4-6-9(8)16-12/h3-6,10-12H,2,7H2,1H3. The van der Waals surface area contributed by atoms with E-state index in [9.17, 15) is 4.21 Å². The van der Waals surface area contributed by atoms with Crippen molar-refractivity contribution >= 4 is 22.6 Å². The van der Waals surface area contributed by atoms with Gasteiger partial charge in [0.2, 0.25) is 0 Å². The van der Waals surface area contributed by atoms with E-state index in [1.807, 2.05) is 19.1 Å². The molecule has 0 radical (unpaired) electrons. The molecule has 17 heavy (non-hydrogen) atoms. The topological polar surface area (TPSA) is 35.5 Å². The van der Waals surface area contributed by atoms with Gasteiger partial charge in [-0.25, -0.2) is 0 Å². The van der Waals surface area contributed by atoms with Crippen molar-refractivity contribution in [3.63, 3.8) is 0 Å². The molecule has 2 heterocycles. The van der Waals surface area contributed by atoms with Crippen LogP contribution < -0.4 is 0 Å². The van der Waals surface area contributed by atoms with Crippen LogP contribution in [-0.2, 0) is 20.3 Å². The van der Waals surface area contributed by atoms with E-state index in [0.29, 0.717) is 12.4 Å². The molecule has 5 heteroatoms. The molecule has 0 aromatic heterocycles. The molecule has 0 spiro atoms. The summed E-state index contributed by atoms with van der Waals surface area (Å²) >= 11 is 1.67. The molecular weight excluding hydrogens is 256 g/mol. The molecule has 4 unspecified atom stereocenters. The summed E-state index contributed by atoms with van der Waals surface area (Å²) in [5.74, 6) is 0.482. The van der Waals surface area contributed by atoms with Crippen molar-refractivity contribution in [2.45, 2.75) is 28.8 Å². The van der Waals surface area contributed by atoms with Gasteiger partial charge in [0.1, 0.15) is 10.7 Å². The monoisotopic (exact) mass is 270 g/mol. The van der Waals surface area contributed by atoms with Crippen LogP contribution in [0.25, 0.3) is 0 Å². The summed E-state index contributed by atoms with van der Waals surface area (Å²) in [6, 6.07) is 8.12. The molecule has 4 atom stereocenters. The van der Waals surface area contributed by atoms with E-state index in [1.165, 1.54) is 4.90 Å². The van der Waals surface area contributed by atoms with E-state index >= 15 is 0 Å². The van der Waals surface area contributed by atoms with E-state index in [2.05, 4.69) is 12.1 Å². The van der Waals surface area contributed by atoms with Crippen LogP contribution in [0.5, 0.6) is 0 Å². The van der Waals surface area contributed by atoms with Gasteiger partial charge in [-0.05, 0) is 18.6 Å². The maximum absolute atomic E-state index is 12.2. The Morgan fingerprint density at radius 3 is 3.18 bits per heavy atom. The second-order valence-corrected chi connectivity index (χ2v) is 7.10. The van der Waals surface area contributed by atoms with Crippen LogP contribution >= 0.6 is 11.8 Å². The Balaban J connectivity index is 1.89. The van der Waals surface area contributed by atoms with Crippen LogP contribution in [0.4, 0.5) is 0 Å². The van der Waals surface area contributed by atoms with Gasteiger partial charge in [0, 0.05) is 22.3 Å². The zero-order valence-electron chi connectivity index (χ0n) is 9.50. The summed E-state index contributed by atoms with van der Waals surface area (Å²) in [4.78, 5) is 1.19. The molecule has 0 bridgehead atoms. The van der Waals surface area contributed by atoms with Gasteiger partial charge in [-0.2, -0.15) is 0 Å². The van der Waals surface area contributed by atoms with E-state index < -0.39 is 10.8 Å². The molecule has 3 nitrogen and oxygen atoms in total. The van der Waals surface area contributed by atoms with E-state index in [-0.39, 0.29) is 17.0 Å². The highest BCUT2D eigenvalue weighted by Crippen LogP contribution is 2.49. The Kier molecular flexibility index (Phi) is 3.25. The lowest BCUT2D eigenvalue weighted by molar-refractivity contribution is -0.157. The smallest absolute Gasteiger partial charge is 0.169 e. The number of thioether (sulfide) groups is 1. The van der Waals surface area contributed by atoms with Crippen molar-refractivity contribution in [1.82, 2.24) is 0 Å². The highest BCUT2D eigenvalue weighted by molar-refractivity contribution is 8.11. The Labute approximate surface area is 107 Å². The van der Waals surface area contributed by atoms with Crippen LogP contribution in [-0.4, -0.2) is 27.4 Å². The van der Waals surface area contributed by atoms with Gasteiger partial charge in [0.25, 0.3) is 0 Å². The minimum atomic E-state index is -0.890. The van der Waals surface area contributed by atoms with Gasteiger partial charge < -0.3 is 9.47 Å². The summed E-state index contributed by atoms with van der Waals surface area (Å²) in [6.45, 7) is 2.52. The molecule has 1 saturated heterocycles. The van der Waals surface area contributed by atoms with E-state index in [4.69, 9.17) is 9.47 Å². The first-order chi connectivity index (χ1) is 8.29. The SMILES string of the molecule is CCOC1CS(=O)C2Sc3ccccc3C2O1. The van der Waals surface area contributed by atoms with Crippen LogP contribution in [0.2, 0.25) is 0 Å². The lowest BCUT2D eigenvalue weighted by atomic mass is 10.1. The summed E-state index contributed by atoms with van der Waals surface area (Å²) in [7, 11) is -0.890. The quantitative estimate of drug-likeness (QED) is 0.826. The fourth-order valence-corrected chi connectivity index (χ4v) is 5.35. The molecule has 92 valence electrons. The number of ether oxygens (including phenoxy) is 2. The summed E-state index contributed by atoms with van der Waals surface area (Å²) < 4.78 is 23.6. The lowest BCUT2D eigenvalue weighted by Crippen LogP contribution is -2.38. The second kappa shape index (κ2) is 4.72. The maximum atomic E-state index is 12.2. The highest BCUT2D eigenvalue weighted by atomic mass is 32.2. The second-order valence-electron chi connectivity index (χ2n) is 4.01. The molecule has 0 saturated carbocycles. The van der Waals surface area contributed by atoms with Crippen LogP contribution in [0.3, 0.4) is 0 Å². The maximum Gasteiger partial charge on any atom is 0.169 e. The van der Waals surface area contributed by atoms with Crippen LogP contribution in [0, 0.1) is 0 Å². The predicted octanol–water partition coefficient (Wildman–Crippen LogP) is 2.30. The Morgan fingerprint density at radius 1 is 1.53 bits per heavy atom. The largest absolute Gasteiger partial charge is 0.352 e. The zero-order valence-corrected chi connectivity index (χ0v) is 11.1. The number of hydrogen-bond donors (Lipinski definition) is 0. The summed E-state index contributed by atoms with van der Waals surface area (Å²) in [5.41, 5.74) is 1.15. The summed E-state index contributed by atoms with van der Waals surface area (Å²) in [6.07, 6.45) is -0.406. The molecule has 2 aliphatic rings. The fraction of sp³-hybridized carbons (Fsp3) is 0.500. The van der Waals surface area contributed by atoms with E-state index in [0.717, 1.165) is 5.56 Å². The fourth-order valence-electron chi connectivity index (χ4n) is 2.19. The third-order valence-corrected chi connectivity index (χ3v) is 6.33. The van der Waals surface area contributed by atoms with Crippen LogP contribution in [0.15, 0.2) is 29.2 Å². The van der Waals surface area contributed by atoms with Crippen LogP contribution in [0.1, 0.15) is 18.6 Å². The summed E-state index contributed by atoms with van der Waals surface area (Å²) in [5, 5.41) is 0. The van der Waals surface area contributed by atoms with Crippen molar-refractivity contribution < 1.29 is 13.7 Å². The van der Waals surface area contributed by atoms with Gasteiger partial charge in [0.05, 0.1) is 5.75 Å². The molecule has 0 N–H and O–H groups in total. The van der Waals surface area contributed by atoms with Gasteiger partial charge >= 0.3 is 0 Å². The van der Waals surface area contributed by atoms with Gasteiger partial charge in [-0.3, -0.25) is 4.21 Å². The Hall–Kier alpha value is -0.360. The number of fused-ring (bicyclic) bond motifs is 3. The highest BCUT2D eigenvalue weighted by Gasteiger charge is 2.44. The van der Waals surface area contributed by atoms with Gasteiger partial charge in [-0.1, -0.05) is 18.2 Å². The first-order valence-corrected chi connectivity index (χ1v) is 7.95. The zero-order chi connectivity index (χ0) is 11.8. The molecule has 2 aliphatic heterocycles. The first-order valence-electron chi connectivity index (χ1n) is 5.69. The van der Waals surface area contributed by atoms with Gasteiger partial charge in [-0.15, -0.1) is 11.8 Å². The predicted molar refractivity (Wildman–Crippen MR) is 68.3 cm³/mol. The lowest BCUT2D eigenvalue weighted by Gasteiger charge is -2.31. The molecule has 1 aromatic rings. The average Bonchev–Trinajstić information content (AvgIpc) is 2.69. The Morgan fingerprint density at radius 2 is 2.35 bits per heavy atom. The van der Waals surface area contributed by atoms with Crippen molar-refractivity contribution in [1.29, 1.82) is 0 Å². The third-order valence-electron chi connectivity index (χ3n) is 2.93. The molecular formula is C12H14O3S2. The minimum absolute atomic E-state index is 0.0316. The van der Waals surface area contributed by atoms with Crippen molar-refractivity contribution in [3.8, 4) is 0 Å². The molecule has 3 rings (SSSR count). The van der Waals surface area contributed by atoms with Gasteiger partial charge in [0.15, 0.2) is 6.29 Å².